The van der Waals surface area contributed by atoms with Crippen molar-refractivity contribution in [3.05, 3.63) is 205 Å². The zero-order valence-electron chi connectivity index (χ0n) is 74.8. The van der Waals surface area contributed by atoms with Crippen molar-refractivity contribution < 1.29 is 86.9 Å². The Morgan fingerprint density at radius 1 is 0.832 bits per heavy atom. The van der Waals surface area contributed by atoms with Gasteiger partial charge in [-0.1, -0.05) is 113 Å². The third-order valence-electron chi connectivity index (χ3n) is 29.3. The Morgan fingerprint density at radius 3 is 2.24 bits per heavy atom. The number of methoxy groups -OCH3 is 1. The lowest BCUT2D eigenvalue weighted by atomic mass is 9.45. The Morgan fingerprint density at radius 2 is 1.54 bits per heavy atom. The third-order valence-corrected chi connectivity index (χ3v) is 29.8. The fourth-order valence-electron chi connectivity index (χ4n) is 23.0. The number of ether oxygens (including phenoxy) is 4. The van der Waals surface area contributed by atoms with Crippen LogP contribution in [-0.4, -0.2) is 156 Å². The lowest BCUT2D eigenvalue weighted by Gasteiger charge is -2.60. The number of benzene rings is 4. The minimum absolute atomic E-state index is 0.0102. The summed E-state index contributed by atoms with van der Waals surface area (Å²) in [4.78, 5) is 135. The van der Waals surface area contributed by atoms with Crippen LogP contribution in [-0.2, 0) is 44.5 Å². The van der Waals surface area contributed by atoms with E-state index in [1.165, 1.54) is 31.2 Å². The van der Waals surface area contributed by atoms with Gasteiger partial charge in [-0.05, 0) is 209 Å². The van der Waals surface area contributed by atoms with Crippen LogP contribution in [0.5, 0.6) is 5.75 Å². The number of alkyl carbamates (subject to hydrolysis) is 1. The number of hydrogen-bond acceptors (Lipinski definition) is 24. The number of anilines is 4. The van der Waals surface area contributed by atoms with Gasteiger partial charge in [0, 0.05) is 69.5 Å². The Labute approximate surface area is 756 Å². The van der Waals surface area contributed by atoms with Gasteiger partial charge in [0.1, 0.15) is 47.0 Å². The van der Waals surface area contributed by atoms with Crippen molar-refractivity contribution in [3.8, 4) is 17.9 Å². The summed E-state index contributed by atoms with van der Waals surface area (Å²) in [5.41, 5.74) is 14.8. The maximum atomic E-state index is 13.9. The maximum absolute atomic E-state index is 13.9. The van der Waals surface area contributed by atoms with E-state index in [9.17, 15) is 67.7 Å². The third kappa shape index (κ3) is 19.0. The zero-order valence-corrected chi connectivity index (χ0v) is 75.6. The molecular weight excluding hydrogens is 1700 g/mol. The van der Waals surface area contributed by atoms with Crippen molar-refractivity contribution >= 4 is 94.4 Å². The Kier molecular flexibility index (Phi) is 28.6. The number of Topliss-reactive ketones (excluding diaryl/α,β-unsaturated/α-hetero) is 2. The Balaban J connectivity index is 0.000000140. The first kappa shape index (κ1) is 96.6. The molecule has 4 aromatic carbocycles. The molecule has 8 aromatic rings. The molecule has 8 aliphatic carbocycles. The van der Waals surface area contributed by atoms with Gasteiger partial charge in [0.2, 0.25) is 11.9 Å². The van der Waals surface area contributed by atoms with Crippen molar-refractivity contribution in [1.82, 2.24) is 39.8 Å². The highest BCUT2D eigenvalue weighted by Gasteiger charge is 2.76. The number of nitrogens with one attached hydrogen (secondary N) is 6. The monoisotopic (exact) mass is 1820 g/mol. The lowest BCUT2D eigenvalue weighted by Crippen LogP contribution is -2.63. The molecule has 16 N–H and O–H groups in total. The second kappa shape index (κ2) is 38.8. The number of nitrogens with zero attached hydrogens (tertiary/aromatic N) is 6. The number of ketones is 4. The molecule has 19 atom stereocenters. The number of aliphatic hydroxyl groups is 4. The van der Waals surface area contributed by atoms with Crippen molar-refractivity contribution in [2.75, 3.05) is 42.4 Å². The molecule has 0 spiro atoms. The molecule has 7 fully saturated rings. The predicted octanol–water partition coefficient (Wildman–Crippen LogP) is 12.7. The number of aromatic nitrogens is 7. The fraction of sp³-hybridized carbons (Fsp3) is 0.469. The number of nitrogen functional groups attached to an aromatic ring is 2. The number of aliphatic hydroxyl groups excluding tert-OH is 3. The minimum Gasteiger partial charge on any atom is -0.495 e. The quantitative estimate of drug-likeness (QED) is 0.0355. The number of nitrogens with two attached hydrogens (primary N) is 2. The number of rotatable bonds is 18. The molecule has 5 heterocycles. The van der Waals surface area contributed by atoms with Crippen LogP contribution in [0.1, 0.15) is 191 Å². The van der Waals surface area contributed by atoms with Crippen LogP contribution in [0.25, 0.3) is 28.3 Å². The van der Waals surface area contributed by atoms with Gasteiger partial charge in [0.15, 0.2) is 46.2 Å². The minimum atomic E-state index is -4.25. The van der Waals surface area contributed by atoms with Gasteiger partial charge in [-0.25, -0.2) is 23.9 Å². The molecule has 33 nitrogen and oxygen atoms in total. The van der Waals surface area contributed by atoms with E-state index in [-0.39, 0.29) is 93.3 Å². The Hall–Kier alpha value is -12.0. The number of halogens is 1. The van der Waals surface area contributed by atoms with Crippen LogP contribution in [0.2, 0.25) is 0 Å². The smallest absolute Gasteiger partial charge is 0.407 e. The number of allylic oxidation sites excluding steroid dienone is 5. The molecule has 131 heavy (non-hydrogen) atoms. The summed E-state index contributed by atoms with van der Waals surface area (Å²) in [5.74, 6) is 2.39. The number of carbonyl (C=O) groups excluding carboxylic acids is 6. The number of H-pyrrole nitrogens is 3. The molecule has 4 aromatic heterocycles. The van der Waals surface area contributed by atoms with Crippen LogP contribution in [0, 0.1) is 91.6 Å². The molecule has 17 rings (SSSR count). The lowest BCUT2D eigenvalue weighted by molar-refractivity contribution is -0.197. The maximum Gasteiger partial charge on any atom is 0.407 e. The van der Waals surface area contributed by atoms with E-state index in [0.29, 0.717) is 119 Å². The molecule has 1 aliphatic heterocycles. The summed E-state index contributed by atoms with van der Waals surface area (Å²) < 4.78 is 49.2. The van der Waals surface area contributed by atoms with Gasteiger partial charge in [0.05, 0.1) is 62.9 Å². The van der Waals surface area contributed by atoms with Gasteiger partial charge in [-0.2, -0.15) is 15.5 Å². The van der Waals surface area contributed by atoms with Gasteiger partial charge in [-0.15, -0.1) is 0 Å². The first-order valence-corrected chi connectivity index (χ1v) is 45.8. The molecule has 0 bridgehead atoms. The number of imidazole rings is 1. The van der Waals surface area contributed by atoms with Crippen LogP contribution in [0.3, 0.4) is 0 Å². The summed E-state index contributed by atoms with van der Waals surface area (Å²) >= 11 is 0. The summed E-state index contributed by atoms with van der Waals surface area (Å²) in [5, 5.41) is 68.0. The number of aromatic amines is 3. The second-order valence-corrected chi connectivity index (χ2v) is 38.1. The number of urea groups is 1. The van der Waals surface area contributed by atoms with E-state index in [1.807, 2.05) is 50.3 Å². The predicted molar refractivity (Wildman–Crippen MR) is 485 cm³/mol. The Bertz CT molecular complexity index is 6120. The molecule has 694 valence electrons. The molecule has 9 aliphatic rings. The van der Waals surface area contributed by atoms with E-state index < -0.39 is 90.4 Å². The molecule has 1 saturated heterocycles. The average molecular weight is 1820 g/mol. The van der Waals surface area contributed by atoms with Crippen molar-refractivity contribution in [3.63, 3.8) is 0 Å². The van der Waals surface area contributed by atoms with Gasteiger partial charge >= 0.3 is 19.7 Å². The summed E-state index contributed by atoms with van der Waals surface area (Å²) in [7, 11) is -2.80. The topological polar surface area (TPSA) is 539 Å². The van der Waals surface area contributed by atoms with Crippen LogP contribution in [0.15, 0.2) is 154 Å². The standard InChI is InChI=1S/C23H25N5O4.C23H30O6.C22H32O3.C14H13FN4O2.C14H14N5O4P/c1-4-20(10-11-24)32-23(30)26-15(2)16-6-5-7-18(12-16)27-22(29)28-19-9-8-17(14-25)21(13-19)31-3;1-12-28-19-9-16-15-5-4-13-8-14(25)6-7-21(13,2)20(15)17(26)10-22(16,3)23(19,29-12)18(27)11-24;1-13-11-16-17(20(3)8-5-15(24)12-19(13)20)6-9-21(4)18(16)7-10-22(21,25)14(2)23;15-10-4-2-1-3-7(10)9(6-20)8-5-17-12-11(8)18-14(16)19-13(12)21;15-14-17-12-11(13(20)18-14)16-8-19(12)7-10-4-2-1-3-9(10)5-6-24(21,22)23/h5-9,12-13,15,20H,4,10H2,1-3H3,(H,26,30)(H2,27,28,29);6-8,12,15-17,19-20,24,26H,4-5,9-11H2,1-3H3;12-13,16-18,25H,5-11H2,1-4H3;1-5,9,17,20H,6H2,(H3,16,18,19,21);1-6,8H,7H2,(H2,21,22,23)(H3,15,17,18,20)/b;;;;6-5+/t15-,20+;12?,15-,16-,17-,19+,20+,21-,22-,23+;13-,16+,17-,18-,20+,21-,22-;9-;/m0000./s1. The first-order chi connectivity index (χ1) is 62.1. The van der Waals surface area contributed by atoms with Crippen molar-refractivity contribution in [2.24, 2.45) is 63.1 Å². The molecular formula is C96H114FN14O19P. The van der Waals surface area contributed by atoms with Crippen LogP contribution in [0.4, 0.5) is 37.3 Å². The SMILES string of the molecule is CC(=O)[C@@]1(O)CC[C@H]2[C@@H]3C[C@H](C)C4=CC(=O)CC[C@]4(C)[C@H]3CC[C@@]21C.CC1O[C@@H]2C[C@H]3[C@@H]4CCC5=CC(=O)C=C[C@]5(C)[C@H]4[C@@H](O)C[C@]3(C)[C@]2(C(=O)CO)O1.CC[C@H](CC#N)OC(=O)N[C@@H](C)c1cccc(NC(=O)Nc2ccc(C#N)c(OC)c2)c1.Nc1nc2c([C@@H](CO)c3ccccc3F)c[nH]c2c(=O)[nH]1.Nc1nc2c(ncn2Cc2ccccc2/C=C/P(=O)(O)O)c(=O)[nH]1. The molecule has 35 heteroatoms. The van der Waals surface area contributed by atoms with Crippen LogP contribution >= 0.6 is 7.60 Å². The largest absolute Gasteiger partial charge is 0.495 e. The second-order valence-electron chi connectivity index (χ2n) is 36.7. The van der Waals surface area contributed by atoms with E-state index in [4.69, 9.17) is 50.7 Å². The number of amides is 3. The van der Waals surface area contributed by atoms with E-state index in [1.54, 1.807) is 116 Å². The highest BCUT2D eigenvalue weighted by molar-refractivity contribution is 7.55. The molecule has 6 saturated carbocycles. The number of fused-ring (bicyclic) bond motifs is 14. The first-order valence-electron chi connectivity index (χ1n) is 44.1. The molecule has 1 unspecified atom stereocenters. The number of nitriles is 2. The summed E-state index contributed by atoms with van der Waals surface area (Å²) in [6, 6.07) is 28.1. The number of hydrogen-bond donors (Lipinski definition) is 14. The van der Waals surface area contributed by atoms with E-state index >= 15 is 0 Å². The molecule has 0 radical (unpaired) electrons. The van der Waals surface area contributed by atoms with Gasteiger partial charge in [-0.3, -0.25) is 43.3 Å². The summed E-state index contributed by atoms with van der Waals surface area (Å²) in [6.07, 6.45) is 18.9. The van der Waals surface area contributed by atoms with Crippen molar-refractivity contribution in [1.29, 1.82) is 10.5 Å². The highest BCUT2D eigenvalue weighted by Crippen LogP contribution is 2.71. The summed E-state index contributed by atoms with van der Waals surface area (Å²) in [6.45, 7) is 17.4. The van der Waals surface area contributed by atoms with Gasteiger partial charge < -0.3 is 86.1 Å². The van der Waals surface area contributed by atoms with E-state index in [2.05, 4.69) is 73.5 Å². The van der Waals surface area contributed by atoms with Gasteiger partial charge in [0.25, 0.3) is 11.1 Å². The fourth-order valence-corrected chi connectivity index (χ4v) is 23.4. The van der Waals surface area contributed by atoms with Crippen molar-refractivity contribution in [2.45, 2.75) is 200 Å². The van der Waals surface area contributed by atoms with E-state index in [0.717, 1.165) is 67.5 Å². The average Bonchev–Trinajstić information content (AvgIpc) is 1.52. The number of carbonyl (C=O) groups is 6. The van der Waals surface area contributed by atoms with Crippen LogP contribution < -0.4 is 43.3 Å². The highest BCUT2D eigenvalue weighted by atomic mass is 31.2. The normalized spacial score (nSPS) is 28.8. The molecule has 3 amide bonds. The zero-order chi connectivity index (χ0) is 94.8.